The summed E-state index contributed by atoms with van der Waals surface area (Å²) in [5.41, 5.74) is 1.33. The van der Waals surface area contributed by atoms with E-state index in [2.05, 4.69) is 9.71 Å². The van der Waals surface area contributed by atoms with Crippen molar-refractivity contribution in [1.82, 2.24) is 19.2 Å². The number of rotatable bonds is 7. The minimum atomic E-state index is -4.03. The SMILES string of the molecule is Cc1csc(-c2cc(S(=O)(=O)NCc3ccc(F)cc3F)cn2CC(=O)N2CCCCC2)n1. The van der Waals surface area contributed by atoms with E-state index in [1.807, 2.05) is 12.3 Å². The molecule has 1 saturated heterocycles. The van der Waals surface area contributed by atoms with Gasteiger partial charge in [-0.05, 0) is 38.3 Å². The Morgan fingerprint density at radius 1 is 1.18 bits per heavy atom. The maximum atomic E-state index is 13.9. The molecule has 1 aliphatic heterocycles. The highest BCUT2D eigenvalue weighted by molar-refractivity contribution is 7.89. The van der Waals surface area contributed by atoms with E-state index in [9.17, 15) is 22.0 Å². The number of aromatic nitrogens is 2. The first kappa shape index (κ1) is 23.5. The van der Waals surface area contributed by atoms with E-state index >= 15 is 0 Å². The lowest BCUT2D eigenvalue weighted by Crippen LogP contribution is -2.37. The van der Waals surface area contributed by atoms with Crippen LogP contribution in [0.1, 0.15) is 30.5 Å². The van der Waals surface area contributed by atoms with Crippen LogP contribution in [0, 0.1) is 18.6 Å². The molecule has 4 rings (SSSR count). The van der Waals surface area contributed by atoms with Gasteiger partial charge in [0.2, 0.25) is 15.9 Å². The number of amides is 1. The van der Waals surface area contributed by atoms with Crippen LogP contribution >= 0.6 is 11.3 Å². The van der Waals surface area contributed by atoms with Gasteiger partial charge in [0, 0.05) is 48.5 Å². The van der Waals surface area contributed by atoms with Crippen LogP contribution in [-0.2, 0) is 27.9 Å². The van der Waals surface area contributed by atoms with E-state index in [0.29, 0.717) is 29.9 Å². The van der Waals surface area contributed by atoms with Crippen LogP contribution in [0.2, 0.25) is 0 Å². The van der Waals surface area contributed by atoms with Gasteiger partial charge in [0.05, 0.1) is 5.69 Å². The van der Waals surface area contributed by atoms with Crippen molar-refractivity contribution < 1.29 is 22.0 Å². The van der Waals surface area contributed by atoms with Crippen molar-refractivity contribution in [3.63, 3.8) is 0 Å². The van der Waals surface area contributed by atoms with Gasteiger partial charge >= 0.3 is 0 Å². The number of hydrogen-bond acceptors (Lipinski definition) is 5. The van der Waals surface area contributed by atoms with Gasteiger partial charge in [0.25, 0.3) is 0 Å². The first-order valence-corrected chi connectivity index (χ1v) is 12.9. The zero-order valence-electron chi connectivity index (χ0n) is 18.1. The molecule has 1 N–H and O–H groups in total. The molecular formula is C22H24F2N4O3S2. The molecule has 0 radical (unpaired) electrons. The Balaban J connectivity index is 1.60. The second kappa shape index (κ2) is 9.70. The lowest BCUT2D eigenvalue weighted by Gasteiger charge is -2.27. The van der Waals surface area contributed by atoms with E-state index in [0.717, 1.165) is 31.0 Å². The standard InChI is InChI=1S/C22H24F2N4O3S2/c1-15-14-32-22(26-15)20-10-18(12-28(20)13-21(29)27-7-3-2-4-8-27)33(30,31)25-11-16-5-6-17(23)9-19(16)24/h5-6,9-10,12,14,25H,2-4,7-8,11,13H2,1H3. The van der Waals surface area contributed by atoms with Crippen molar-refractivity contribution in [3.8, 4) is 10.7 Å². The average molecular weight is 495 g/mol. The Kier molecular flexibility index (Phi) is 6.91. The van der Waals surface area contributed by atoms with Gasteiger partial charge in [-0.3, -0.25) is 4.79 Å². The molecule has 7 nitrogen and oxygen atoms in total. The highest BCUT2D eigenvalue weighted by atomic mass is 32.2. The zero-order valence-corrected chi connectivity index (χ0v) is 19.7. The van der Waals surface area contributed by atoms with Gasteiger partial charge in [0.15, 0.2) is 0 Å². The molecule has 33 heavy (non-hydrogen) atoms. The number of aryl methyl sites for hydroxylation is 1. The molecule has 11 heteroatoms. The Bertz CT molecular complexity index is 1260. The van der Waals surface area contributed by atoms with E-state index < -0.39 is 21.7 Å². The third-order valence-corrected chi connectivity index (χ3v) is 7.85. The number of likely N-dealkylation sites (tertiary alicyclic amines) is 1. The summed E-state index contributed by atoms with van der Waals surface area (Å²) in [6, 6.07) is 4.43. The fourth-order valence-corrected chi connectivity index (χ4v) is 5.60. The van der Waals surface area contributed by atoms with Crippen LogP contribution in [0.3, 0.4) is 0 Å². The number of carbonyl (C=O) groups excluding carboxylic acids is 1. The molecule has 0 unspecified atom stereocenters. The first-order chi connectivity index (χ1) is 15.7. The molecule has 0 atom stereocenters. The van der Waals surface area contributed by atoms with Gasteiger partial charge in [-0.25, -0.2) is 26.9 Å². The average Bonchev–Trinajstić information content (AvgIpc) is 3.40. The smallest absolute Gasteiger partial charge is 0.242 e. The molecule has 0 spiro atoms. The number of hydrogen-bond donors (Lipinski definition) is 1. The summed E-state index contributed by atoms with van der Waals surface area (Å²) < 4.78 is 56.9. The number of carbonyl (C=O) groups is 1. The van der Waals surface area contributed by atoms with Gasteiger partial charge in [-0.2, -0.15) is 0 Å². The normalized spacial score (nSPS) is 14.6. The molecule has 0 bridgehead atoms. The highest BCUT2D eigenvalue weighted by Crippen LogP contribution is 2.28. The second-order valence-electron chi connectivity index (χ2n) is 7.98. The van der Waals surface area contributed by atoms with Crippen LogP contribution < -0.4 is 4.72 Å². The molecule has 1 fully saturated rings. The second-order valence-corrected chi connectivity index (χ2v) is 10.6. The van der Waals surface area contributed by atoms with E-state index in [4.69, 9.17) is 0 Å². The fraction of sp³-hybridized carbons (Fsp3) is 0.364. The summed E-state index contributed by atoms with van der Waals surface area (Å²) in [6.45, 7) is 2.89. The number of sulfonamides is 1. The molecule has 0 saturated carbocycles. The van der Waals surface area contributed by atoms with Crippen molar-refractivity contribution in [1.29, 1.82) is 0 Å². The van der Waals surface area contributed by atoms with Crippen molar-refractivity contribution in [3.05, 3.63) is 58.7 Å². The van der Waals surface area contributed by atoms with E-state index in [1.165, 1.54) is 29.7 Å². The van der Waals surface area contributed by atoms with E-state index in [1.54, 1.807) is 9.47 Å². The summed E-state index contributed by atoms with van der Waals surface area (Å²) in [5, 5.41) is 2.45. The number of benzene rings is 1. The summed E-state index contributed by atoms with van der Waals surface area (Å²) in [4.78, 5) is 19.0. The molecule has 2 aromatic heterocycles. The third-order valence-electron chi connectivity index (χ3n) is 5.50. The van der Waals surface area contributed by atoms with Crippen molar-refractivity contribution in [2.24, 2.45) is 0 Å². The topological polar surface area (TPSA) is 84.3 Å². The minimum Gasteiger partial charge on any atom is -0.341 e. The lowest BCUT2D eigenvalue weighted by atomic mass is 10.1. The van der Waals surface area contributed by atoms with Gasteiger partial charge in [-0.1, -0.05) is 6.07 Å². The lowest BCUT2D eigenvalue weighted by molar-refractivity contribution is -0.132. The van der Waals surface area contributed by atoms with Crippen molar-refractivity contribution in [2.45, 2.75) is 44.2 Å². The Hall–Kier alpha value is -2.63. The summed E-state index contributed by atoms with van der Waals surface area (Å²) in [6.07, 6.45) is 4.41. The summed E-state index contributed by atoms with van der Waals surface area (Å²) in [5.74, 6) is -1.65. The van der Waals surface area contributed by atoms with E-state index in [-0.39, 0.29) is 29.5 Å². The Morgan fingerprint density at radius 2 is 1.94 bits per heavy atom. The summed E-state index contributed by atoms with van der Waals surface area (Å²) in [7, 11) is -4.03. The number of thiazole rings is 1. The van der Waals surface area contributed by atoms with Crippen LogP contribution in [0.25, 0.3) is 10.7 Å². The minimum absolute atomic E-state index is 0.00390. The number of halogens is 2. The molecule has 3 aromatic rings. The largest absolute Gasteiger partial charge is 0.341 e. The number of nitrogens with zero attached hydrogens (tertiary/aromatic N) is 3. The molecule has 1 amide bonds. The molecule has 0 aliphatic carbocycles. The monoisotopic (exact) mass is 494 g/mol. The Morgan fingerprint density at radius 3 is 2.61 bits per heavy atom. The maximum absolute atomic E-state index is 13.9. The van der Waals surface area contributed by atoms with Crippen molar-refractivity contribution >= 4 is 27.3 Å². The fourth-order valence-electron chi connectivity index (χ4n) is 3.72. The van der Waals surface area contributed by atoms with Crippen LogP contribution in [0.5, 0.6) is 0 Å². The molecule has 3 heterocycles. The predicted octanol–water partition coefficient (Wildman–Crippen LogP) is 3.69. The number of piperidine rings is 1. The maximum Gasteiger partial charge on any atom is 0.242 e. The zero-order chi connectivity index (χ0) is 23.6. The molecule has 176 valence electrons. The first-order valence-electron chi connectivity index (χ1n) is 10.6. The number of nitrogens with one attached hydrogen (secondary N) is 1. The van der Waals surface area contributed by atoms with Gasteiger partial charge in [0.1, 0.15) is 28.1 Å². The van der Waals surface area contributed by atoms with Crippen LogP contribution in [0.15, 0.2) is 40.7 Å². The molecule has 1 aromatic carbocycles. The molecular weight excluding hydrogens is 470 g/mol. The summed E-state index contributed by atoms with van der Waals surface area (Å²) >= 11 is 1.36. The molecule has 1 aliphatic rings. The predicted molar refractivity (Wildman–Crippen MR) is 121 cm³/mol. The highest BCUT2D eigenvalue weighted by Gasteiger charge is 2.24. The quantitative estimate of drug-likeness (QED) is 0.543. The van der Waals surface area contributed by atoms with Crippen LogP contribution in [0.4, 0.5) is 8.78 Å². The Labute approximate surface area is 195 Å². The third kappa shape index (κ3) is 5.48. The van der Waals surface area contributed by atoms with Crippen LogP contribution in [-0.4, -0.2) is 41.9 Å². The van der Waals surface area contributed by atoms with Crippen molar-refractivity contribution in [2.75, 3.05) is 13.1 Å². The van der Waals surface area contributed by atoms with Gasteiger partial charge < -0.3 is 9.47 Å². The van der Waals surface area contributed by atoms with Gasteiger partial charge in [-0.15, -0.1) is 11.3 Å².